The van der Waals surface area contributed by atoms with Gasteiger partial charge in [0.2, 0.25) is 0 Å². The van der Waals surface area contributed by atoms with Crippen LogP contribution in [0, 0.1) is 0 Å². The molecule has 28 heavy (non-hydrogen) atoms. The minimum Gasteiger partial charge on any atom is -0.0654 e. The monoisotopic (exact) mass is 413 g/mol. The van der Waals surface area contributed by atoms with Gasteiger partial charge in [-0.15, -0.1) is 0 Å². The van der Waals surface area contributed by atoms with E-state index in [2.05, 4.69) is 27.7 Å². The molecular weight excluding hydrogens is 355 g/mol. The first-order valence-corrected chi connectivity index (χ1v) is 16.1. The Morgan fingerprint density at radius 1 is 0.286 bits per heavy atom. The van der Waals surface area contributed by atoms with Crippen LogP contribution in [0.3, 0.4) is 0 Å². The van der Waals surface area contributed by atoms with Gasteiger partial charge in [0.25, 0.3) is 0 Å². The van der Waals surface area contributed by atoms with Gasteiger partial charge in [-0.05, 0) is 51.4 Å². The van der Waals surface area contributed by atoms with Crippen LogP contribution in [-0.2, 0) is 0 Å². The number of unbranched alkanes of at least 4 members (excludes halogenated alkanes) is 15. The molecule has 0 spiro atoms. The van der Waals surface area contributed by atoms with Gasteiger partial charge in [0.05, 0.1) is 24.6 Å². The van der Waals surface area contributed by atoms with E-state index in [1.807, 2.05) is 0 Å². The first-order chi connectivity index (χ1) is 13.7. The summed E-state index contributed by atoms with van der Waals surface area (Å²) in [6.07, 6.45) is 34.6. The third-order valence-corrected chi connectivity index (χ3v) is 11.8. The first kappa shape index (κ1) is 28.4. The molecule has 1 heteroatoms. The van der Waals surface area contributed by atoms with E-state index in [0.717, 1.165) is 0 Å². The van der Waals surface area contributed by atoms with Gasteiger partial charge in [0.1, 0.15) is 0 Å². The molecule has 0 fully saturated rings. The first-order valence-electron chi connectivity index (χ1n) is 13.6. The molecule has 0 atom stereocenters. The summed E-state index contributed by atoms with van der Waals surface area (Å²) in [6, 6.07) is 0. The molecule has 0 heterocycles. The van der Waals surface area contributed by atoms with Crippen molar-refractivity contribution in [2.45, 2.75) is 150 Å². The van der Waals surface area contributed by atoms with E-state index in [0.29, 0.717) is 0 Å². The standard InChI is InChI=1S/C27H58P/c1-5-9-13-17-21-25-28(24-20-16-12-8-4,26-22-18-14-10-6-2)27-23-19-15-11-7-3/h5-27H2,1-4H3/q+1. The van der Waals surface area contributed by atoms with Crippen LogP contribution < -0.4 is 0 Å². The molecule has 0 aliphatic rings. The zero-order chi connectivity index (χ0) is 20.8. The highest BCUT2D eigenvalue weighted by atomic mass is 31.2. The Balaban J connectivity index is 4.66. The van der Waals surface area contributed by atoms with Gasteiger partial charge < -0.3 is 0 Å². The van der Waals surface area contributed by atoms with Gasteiger partial charge >= 0.3 is 0 Å². The minimum atomic E-state index is -0.682. The molecule has 170 valence electrons. The van der Waals surface area contributed by atoms with E-state index in [1.54, 1.807) is 50.3 Å². The summed E-state index contributed by atoms with van der Waals surface area (Å²) in [5.74, 6) is 0. The van der Waals surface area contributed by atoms with Crippen molar-refractivity contribution in [1.82, 2.24) is 0 Å². The van der Waals surface area contributed by atoms with Crippen molar-refractivity contribution >= 4 is 7.26 Å². The van der Waals surface area contributed by atoms with Gasteiger partial charge in [0, 0.05) is 7.26 Å². The van der Waals surface area contributed by atoms with E-state index < -0.39 is 7.26 Å². The molecule has 0 saturated carbocycles. The van der Waals surface area contributed by atoms with Crippen molar-refractivity contribution in [2.24, 2.45) is 0 Å². The fraction of sp³-hybridized carbons (Fsp3) is 1.00. The SMILES string of the molecule is CCCCCCC[P+](CCCCCC)(CCCCCCC)CCCCCCC. The molecule has 0 bridgehead atoms. The molecule has 0 amide bonds. The maximum atomic E-state index is 2.36. The Labute approximate surface area is 181 Å². The largest absolute Gasteiger partial charge is 0.0654 e. The van der Waals surface area contributed by atoms with Crippen LogP contribution in [0.1, 0.15) is 150 Å². The topological polar surface area (TPSA) is 0 Å². The lowest BCUT2D eigenvalue weighted by molar-refractivity contribution is 0.640. The Hall–Kier alpha value is 0.430. The van der Waals surface area contributed by atoms with E-state index in [-0.39, 0.29) is 0 Å². The van der Waals surface area contributed by atoms with Crippen LogP contribution in [-0.4, -0.2) is 24.6 Å². The predicted octanol–water partition coefficient (Wildman–Crippen LogP) is 10.5. The maximum absolute atomic E-state index is 2.36. The third kappa shape index (κ3) is 17.3. The lowest BCUT2D eigenvalue weighted by Crippen LogP contribution is -2.13. The van der Waals surface area contributed by atoms with E-state index >= 15 is 0 Å². The van der Waals surface area contributed by atoms with E-state index in [1.165, 1.54) is 96.3 Å². The fourth-order valence-electron chi connectivity index (χ4n) is 4.70. The molecular formula is C27H58P+. The molecule has 0 saturated heterocycles. The summed E-state index contributed by atoms with van der Waals surface area (Å²) in [4.78, 5) is 0. The van der Waals surface area contributed by atoms with Crippen LogP contribution in [0.2, 0.25) is 0 Å². The second-order valence-electron chi connectivity index (χ2n) is 9.54. The lowest BCUT2D eigenvalue weighted by atomic mass is 10.2. The zero-order valence-electron chi connectivity index (χ0n) is 20.7. The van der Waals surface area contributed by atoms with Crippen molar-refractivity contribution in [2.75, 3.05) is 24.6 Å². The smallest absolute Gasteiger partial charge is 0.0594 e. The molecule has 0 N–H and O–H groups in total. The highest BCUT2D eigenvalue weighted by molar-refractivity contribution is 7.75. The van der Waals surface area contributed by atoms with E-state index in [9.17, 15) is 0 Å². The summed E-state index contributed by atoms with van der Waals surface area (Å²) < 4.78 is 0. The Kier molecular flexibility index (Phi) is 22.5. The van der Waals surface area contributed by atoms with Gasteiger partial charge in [-0.3, -0.25) is 0 Å². The quantitative estimate of drug-likeness (QED) is 0.115. The molecule has 0 aromatic heterocycles. The molecule has 0 radical (unpaired) electrons. The lowest BCUT2D eigenvalue weighted by Gasteiger charge is -2.28. The molecule has 0 rings (SSSR count). The van der Waals surface area contributed by atoms with Crippen molar-refractivity contribution < 1.29 is 0 Å². The maximum Gasteiger partial charge on any atom is 0.0594 e. The van der Waals surface area contributed by atoms with Crippen molar-refractivity contribution in [3.05, 3.63) is 0 Å². The molecule has 0 aromatic carbocycles. The molecule has 0 aromatic rings. The van der Waals surface area contributed by atoms with Crippen molar-refractivity contribution in [1.29, 1.82) is 0 Å². The molecule has 0 aliphatic carbocycles. The summed E-state index contributed by atoms with van der Waals surface area (Å²) in [5, 5.41) is 0. The Bertz CT molecular complexity index is 250. The highest BCUT2D eigenvalue weighted by Gasteiger charge is 2.34. The van der Waals surface area contributed by atoms with Crippen molar-refractivity contribution in [3.8, 4) is 0 Å². The van der Waals surface area contributed by atoms with Crippen LogP contribution in [0.4, 0.5) is 0 Å². The van der Waals surface area contributed by atoms with Gasteiger partial charge in [-0.25, -0.2) is 0 Å². The van der Waals surface area contributed by atoms with Gasteiger partial charge in [-0.1, -0.05) is 98.3 Å². The molecule has 0 aliphatic heterocycles. The Morgan fingerprint density at radius 2 is 0.500 bits per heavy atom. The summed E-state index contributed by atoms with van der Waals surface area (Å²) in [5.41, 5.74) is 0. The van der Waals surface area contributed by atoms with Gasteiger partial charge in [-0.2, -0.15) is 0 Å². The van der Waals surface area contributed by atoms with Crippen LogP contribution in [0.15, 0.2) is 0 Å². The summed E-state index contributed by atoms with van der Waals surface area (Å²) in [6.45, 7) is 9.39. The van der Waals surface area contributed by atoms with Crippen molar-refractivity contribution in [3.63, 3.8) is 0 Å². The van der Waals surface area contributed by atoms with Crippen LogP contribution in [0.5, 0.6) is 0 Å². The van der Waals surface area contributed by atoms with E-state index in [4.69, 9.17) is 0 Å². The number of hydrogen-bond acceptors (Lipinski definition) is 0. The normalized spacial score (nSPS) is 12.0. The highest BCUT2D eigenvalue weighted by Crippen LogP contribution is 2.61. The minimum absolute atomic E-state index is 0.682. The number of rotatable bonds is 23. The van der Waals surface area contributed by atoms with Crippen LogP contribution in [0.25, 0.3) is 0 Å². The predicted molar refractivity (Wildman–Crippen MR) is 137 cm³/mol. The average molecular weight is 414 g/mol. The summed E-state index contributed by atoms with van der Waals surface area (Å²) in [7, 11) is -0.682. The zero-order valence-corrected chi connectivity index (χ0v) is 21.6. The fourth-order valence-corrected chi connectivity index (χ4v) is 9.62. The molecule has 0 nitrogen and oxygen atoms in total. The average Bonchev–Trinajstić information content (AvgIpc) is 2.70. The molecule has 0 unspecified atom stereocenters. The van der Waals surface area contributed by atoms with Crippen LogP contribution >= 0.6 is 7.26 Å². The number of hydrogen-bond donors (Lipinski definition) is 0. The van der Waals surface area contributed by atoms with Gasteiger partial charge in [0.15, 0.2) is 0 Å². The second kappa shape index (κ2) is 22.1. The third-order valence-electron chi connectivity index (χ3n) is 6.69. The second-order valence-corrected chi connectivity index (χ2v) is 14.0. The Morgan fingerprint density at radius 3 is 0.750 bits per heavy atom. The summed E-state index contributed by atoms with van der Waals surface area (Å²) >= 11 is 0.